The van der Waals surface area contributed by atoms with Crippen LogP contribution in [0.5, 0.6) is 11.5 Å². The van der Waals surface area contributed by atoms with Gasteiger partial charge in [-0.05, 0) is 56.2 Å². The third kappa shape index (κ3) is 4.22. The number of amides is 1. The Morgan fingerprint density at radius 3 is 2.41 bits per heavy atom. The molecule has 176 valence electrons. The van der Waals surface area contributed by atoms with Crippen LogP contribution in [-0.2, 0) is 9.59 Å². The summed E-state index contributed by atoms with van der Waals surface area (Å²) < 4.78 is 5.24. The Morgan fingerprint density at radius 2 is 1.74 bits per heavy atom. The first-order valence-electron chi connectivity index (χ1n) is 11.1. The van der Waals surface area contributed by atoms with Crippen molar-refractivity contribution >= 4 is 28.2 Å². The van der Waals surface area contributed by atoms with E-state index in [-0.39, 0.29) is 16.9 Å². The number of carbonyl (C=O) groups is 2. The molecule has 0 spiro atoms. The van der Waals surface area contributed by atoms with Gasteiger partial charge >= 0.3 is 0 Å². The topological polar surface area (TPSA) is 90.3 Å². The maximum absolute atomic E-state index is 13.2. The molecular formula is C27H28N2O5. The lowest BCUT2D eigenvalue weighted by Gasteiger charge is -2.26. The van der Waals surface area contributed by atoms with Crippen LogP contribution in [0.25, 0.3) is 16.5 Å². The molecule has 1 aliphatic rings. The quantitative estimate of drug-likeness (QED) is 0.316. The van der Waals surface area contributed by atoms with Gasteiger partial charge < -0.3 is 24.7 Å². The van der Waals surface area contributed by atoms with Gasteiger partial charge in [-0.3, -0.25) is 9.59 Å². The first-order chi connectivity index (χ1) is 16.3. The molecule has 0 aliphatic carbocycles. The fourth-order valence-corrected chi connectivity index (χ4v) is 4.39. The lowest BCUT2D eigenvalue weighted by atomic mass is 9.94. The number of aliphatic hydroxyl groups is 1. The van der Waals surface area contributed by atoms with Crippen LogP contribution < -0.4 is 4.74 Å². The van der Waals surface area contributed by atoms with E-state index in [0.717, 1.165) is 11.9 Å². The van der Waals surface area contributed by atoms with Crippen LogP contribution in [-0.4, -0.2) is 66.0 Å². The van der Waals surface area contributed by atoms with E-state index in [2.05, 4.69) is 0 Å². The molecule has 0 bridgehead atoms. The third-order valence-corrected chi connectivity index (χ3v) is 6.13. The zero-order chi connectivity index (χ0) is 24.4. The lowest BCUT2D eigenvalue weighted by Crippen LogP contribution is -2.32. The lowest BCUT2D eigenvalue weighted by molar-refractivity contribution is -0.139. The summed E-state index contributed by atoms with van der Waals surface area (Å²) in [7, 11) is 5.44. The SMILES string of the molecule is COc1ccc([C@@H]2C(=C(O)c3ccc4ccccc4c3O)C(=O)C(=O)N2CCCN(C)C)cc1. The van der Waals surface area contributed by atoms with Gasteiger partial charge in [0.05, 0.1) is 24.3 Å². The van der Waals surface area contributed by atoms with Gasteiger partial charge in [-0.25, -0.2) is 0 Å². The van der Waals surface area contributed by atoms with Crippen molar-refractivity contribution in [2.75, 3.05) is 34.3 Å². The number of rotatable bonds is 7. The fourth-order valence-electron chi connectivity index (χ4n) is 4.39. The molecular weight excluding hydrogens is 432 g/mol. The summed E-state index contributed by atoms with van der Waals surface area (Å²) in [5.74, 6) is -1.32. The zero-order valence-electron chi connectivity index (χ0n) is 19.5. The van der Waals surface area contributed by atoms with E-state index in [1.807, 2.05) is 31.1 Å². The van der Waals surface area contributed by atoms with Crippen LogP contribution in [0.2, 0.25) is 0 Å². The molecule has 3 aromatic rings. The highest BCUT2D eigenvalue weighted by Crippen LogP contribution is 2.42. The van der Waals surface area contributed by atoms with Crippen LogP contribution in [0.4, 0.5) is 0 Å². The number of hydrogen-bond acceptors (Lipinski definition) is 6. The smallest absolute Gasteiger partial charge is 0.295 e. The summed E-state index contributed by atoms with van der Waals surface area (Å²) in [4.78, 5) is 29.7. The van der Waals surface area contributed by atoms with Crippen LogP contribution >= 0.6 is 0 Å². The minimum Gasteiger partial charge on any atom is -0.507 e. The molecule has 1 heterocycles. The summed E-state index contributed by atoms with van der Waals surface area (Å²) in [6, 6.07) is 16.8. The fraction of sp³-hybridized carbons (Fsp3) is 0.259. The molecule has 0 unspecified atom stereocenters. The second kappa shape index (κ2) is 9.57. The number of aliphatic hydroxyl groups excluding tert-OH is 1. The number of carbonyl (C=O) groups excluding carboxylic acids is 2. The molecule has 1 saturated heterocycles. The number of likely N-dealkylation sites (tertiary alicyclic amines) is 1. The summed E-state index contributed by atoms with van der Waals surface area (Å²) in [5.41, 5.74) is 0.751. The minimum atomic E-state index is -0.779. The summed E-state index contributed by atoms with van der Waals surface area (Å²) in [6.07, 6.45) is 0.661. The largest absolute Gasteiger partial charge is 0.507 e. The number of phenolic OH excluding ortho intramolecular Hbond substituents is 1. The third-order valence-electron chi connectivity index (χ3n) is 6.13. The van der Waals surface area contributed by atoms with E-state index in [4.69, 9.17) is 4.74 Å². The Hall–Kier alpha value is -3.84. The Kier molecular flexibility index (Phi) is 6.56. The first-order valence-corrected chi connectivity index (χ1v) is 11.1. The molecule has 0 saturated carbocycles. The number of aromatic hydroxyl groups is 1. The van der Waals surface area contributed by atoms with Crippen LogP contribution in [0, 0.1) is 0 Å². The van der Waals surface area contributed by atoms with Gasteiger partial charge in [0.15, 0.2) is 0 Å². The van der Waals surface area contributed by atoms with Crippen molar-refractivity contribution in [3.63, 3.8) is 0 Å². The number of fused-ring (bicyclic) bond motifs is 1. The molecule has 7 nitrogen and oxygen atoms in total. The van der Waals surface area contributed by atoms with Crippen LogP contribution in [0.15, 0.2) is 66.2 Å². The molecule has 7 heteroatoms. The molecule has 3 aromatic carbocycles. The maximum atomic E-state index is 13.2. The van der Waals surface area contributed by atoms with Crippen molar-refractivity contribution in [3.8, 4) is 11.5 Å². The molecule has 2 N–H and O–H groups in total. The summed E-state index contributed by atoms with van der Waals surface area (Å²) in [5, 5.41) is 23.5. The highest BCUT2D eigenvalue weighted by Gasteiger charge is 2.46. The highest BCUT2D eigenvalue weighted by atomic mass is 16.5. The number of phenols is 1. The number of methoxy groups -OCH3 is 1. The van der Waals surface area contributed by atoms with Gasteiger partial charge in [0.25, 0.3) is 11.7 Å². The van der Waals surface area contributed by atoms with Crippen molar-refractivity contribution < 1.29 is 24.5 Å². The number of ether oxygens (including phenoxy) is 1. The van der Waals surface area contributed by atoms with Crippen molar-refractivity contribution in [1.82, 2.24) is 9.80 Å². The monoisotopic (exact) mass is 460 g/mol. The van der Waals surface area contributed by atoms with Crippen LogP contribution in [0.1, 0.15) is 23.6 Å². The second-order valence-electron chi connectivity index (χ2n) is 8.61. The zero-order valence-corrected chi connectivity index (χ0v) is 19.5. The Morgan fingerprint density at radius 1 is 1.03 bits per heavy atom. The van der Waals surface area contributed by atoms with Crippen molar-refractivity contribution in [1.29, 1.82) is 0 Å². The van der Waals surface area contributed by atoms with E-state index < -0.39 is 23.5 Å². The first kappa shape index (κ1) is 23.3. The molecule has 1 atom stereocenters. The van der Waals surface area contributed by atoms with Crippen molar-refractivity contribution in [3.05, 3.63) is 77.4 Å². The normalized spacial score (nSPS) is 17.6. The van der Waals surface area contributed by atoms with Gasteiger partial charge in [0.2, 0.25) is 0 Å². The maximum Gasteiger partial charge on any atom is 0.295 e. The molecule has 34 heavy (non-hydrogen) atoms. The Labute approximate surface area is 198 Å². The van der Waals surface area contributed by atoms with Gasteiger partial charge in [0.1, 0.15) is 17.3 Å². The number of Topliss-reactive ketones (excluding diaryl/α,β-unsaturated/α-hetero) is 1. The molecule has 4 rings (SSSR count). The number of ketones is 1. The molecule has 0 radical (unpaired) electrons. The van der Waals surface area contributed by atoms with Gasteiger partial charge in [-0.1, -0.05) is 42.5 Å². The van der Waals surface area contributed by atoms with E-state index in [1.165, 1.54) is 4.90 Å². The second-order valence-corrected chi connectivity index (χ2v) is 8.61. The van der Waals surface area contributed by atoms with Gasteiger partial charge in [0, 0.05) is 11.9 Å². The van der Waals surface area contributed by atoms with Crippen LogP contribution in [0.3, 0.4) is 0 Å². The predicted octanol–water partition coefficient (Wildman–Crippen LogP) is 3.93. The van der Waals surface area contributed by atoms with E-state index in [1.54, 1.807) is 55.6 Å². The average Bonchev–Trinajstić information content (AvgIpc) is 3.09. The van der Waals surface area contributed by atoms with Gasteiger partial charge in [-0.2, -0.15) is 0 Å². The molecule has 1 aliphatic heterocycles. The molecule has 1 amide bonds. The van der Waals surface area contributed by atoms with E-state index in [9.17, 15) is 19.8 Å². The number of nitrogens with zero attached hydrogens (tertiary/aromatic N) is 2. The standard InChI is InChI=1S/C27H28N2O5/c1-28(2)15-6-16-29-23(18-9-12-19(34-3)13-10-18)22(26(32)27(29)33)25(31)21-14-11-17-7-4-5-8-20(17)24(21)30/h4-5,7-14,23,30-31H,6,15-16H2,1-3H3/t23-/m1/s1. The van der Waals surface area contributed by atoms with E-state index >= 15 is 0 Å². The summed E-state index contributed by atoms with van der Waals surface area (Å²) >= 11 is 0. The molecule has 1 fully saturated rings. The average molecular weight is 461 g/mol. The Bertz CT molecular complexity index is 1260. The summed E-state index contributed by atoms with van der Waals surface area (Å²) in [6.45, 7) is 1.09. The molecule has 0 aromatic heterocycles. The minimum absolute atomic E-state index is 0.0365. The van der Waals surface area contributed by atoms with Crippen molar-refractivity contribution in [2.24, 2.45) is 0 Å². The van der Waals surface area contributed by atoms with E-state index in [0.29, 0.717) is 29.7 Å². The number of hydrogen-bond donors (Lipinski definition) is 2. The van der Waals surface area contributed by atoms with Crippen molar-refractivity contribution in [2.45, 2.75) is 12.5 Å². The predicted molar refractivity (Wildman–Crippen MR) is 131 cm³/mol. The number of benzene rings is 3. The van der Waals surface area contributed by atoms with Gasteiger partial charge in [-0.15, -0.1) is 0 Å². The Balaban J connectivity index is 1.85. The highest BCUT2D eigenvalue weighted by molar-refractivity contribution is 6.46.